The smallest absolute Gasteiger partial charge is 0.262 e. The number of carbonyl (C=O) groups is 1. The Hall–Kier alpha value is -1.73. The highest BCUT2D eigenvalue weighted by molar-refractivity contribution is 9.11. The van der Waals surface area contributed by atoms with Crippen molar-refractivity contribution in [1.29, 1.82) is 0 Å². The second kappa shape index (κ2) is 8.21. The summed E-state index contributed by atoms with van der Waals surface area (Å²) in [5, 5.41) is 2.74. The minimum absolute atomic E-state index is 0.124. The van der Waals surface area contributed by atoms with Gasteiger partial charge in [-0.25, -0.2) is 0 Å². The van der Waals surface area contributed by atoms with E-state index in [0.717, 1.165) is 8.95 Å². The predicted octanol–water partition coefficient (Wildman–Crippen LogP) is 4.25. The first kappa shape index (κ1) is 17.6. The van der Waals surface area contributed by atoms with Crippen LogP contribution in [0.2, 0.25) is 0 Å². The number of halogens is 2. The van der Waals surface area contributed by atoms with Gasteiger partial charge in [0.15, 0.2) is 6.61 Å². The molecule has 0 saturated carbocycles. The molecule has 2 aromatic carbocycles. The van der Waals surface area contributed by atoms with Crippen LogP contribution in [0.1, 0.15) is 0 Å². The first-order valence-electron chi connectivity index (χ1n) is 6.63. The van der Waals surface area contributed by atoms with Gasteiger partial charge in [0.2, 0.25) is 0 Å². The van der Waals surface area contributed by atoms with Gasteiger partial charge >= 0.3 is 0 Å². The van der Waals surface area contributed by atoms with E-state index >= 15 is 0 Å². The molecule has 2 rings (SSSR count). The quantitative estimate of drug-likeness (QED) is 0.723. The van der Waals surface area contributed by atoms with Crippen molar-refractivity contribution in [3.05, 3.63) is 45.3 Å². The van der Waals surface area contributed by atoms with E-state index in [-0.39, 0.29) is 12.5 Å². The number of nitrogens with one attached hydrogen (secondary N) is 1. The van der Waals surface area contributed by atoms with Crippen LogP contribution in [0, 0.1) is 0 Å². The third-order valence-corrected chi connectivity index (χ3v) is 4.05. The number of benzene rings is 2. The fourth-order valence-corrected chi connectivity index (χ4v) is 3.00. The molecule has 0 fully saturated rings. The van der Waals surface area contributed by atoms with Crippen molar-refractivity contribution in [3.63, 3.8) is 0 Å². The maximum Gasteiger partial charge on any atom is 0.262 e. The average molecular weight is 445 g/mol. The third kappa shape index (κ3) is 4.87. The van der Waals surface area contributed by atoms with Crippen molar-refractivity contribution in [1.82, 2.24) is 0 Å². The van der Waals surface area contributed by atoms with Crippen molar-refractivity contribution < 1.29 is 19.0 Å². The summed E-state index contributed by atoms with van der Waals surface area (Å²) in [7, 11) is 3.09. The molecule has 5 nitrogen and oxygen atoms in total. The van der Waals surface area contributed by atoms with Gasteiger partial charge in [-0.2, -0.15) is 0 Å². The Bertz CT molecular complexity index is 706. The highest BCUT2D eigenvalue weighted by atomic mass is 79.9. The van der Waals surface area contributed by atoms with Gasteiger partial charge in [0.05, 0.1) is 24.4 Å². The Labute approximate surface area is 151 Å². The maximum absolute atomic E-state index is 12.1. The van der Waals surface area contributed by atoms with Crippen LogP contribution in [0.3, 0.4) is 0 Å². The minimum Gasteiger partial charge on any atom is -0.497 e. The van der Waals surface area contributed by atoms with E-state index < -0.39 is 0 Å². The zero-order chi connectivity index (χ0) is 16.8. The molecule has 0 aliphatic carbocycles. The van der Waals surface area contributed by atoms with Gasteiger partial charge in [0, 0.05) is 10.5 Å². The number of anilines is 1. The molecule has 0 aliphatic heterocycles. The molecule has 0 bridgehead atoms. The Morgan fingerprint density at radius 3 is 2.43 bits per heavy atom. The van der Waals surface area contributed by atoms with E-state index in [1.54, 1.807) is 31.4 Å². The standard InChI is InChI=1S/C16H15Br2NO4/c1-21-11-4-6-15(22-2)13(8-11)19-16(20)9-23-14-5-3-10(17)7-12(14)18/h3-8H,9H2,1-2H3,(H,19,20). The fourth-order valence-electron chi connectivity index (χ4n) is 1.83. The number of hydrogen-bond donors (Lipinski definition) is 1. The molecular weight excluding hydrogens is 430 g/mol. The van der Waals surface area contributed by atoms with Gasteiger partial charge in [-0.1, -0.05) is 15.9 Å². The number of ether oxygens (including phenoxy) is 3. The Morgan fingerprint density at radius 2 is 1.78 bits per heavy atom. The van der Waals surface area contributed by atoms with Gasteiger partial charge in [-0.05, 0) is 46.3 Å². The largest absolute Gasteiger partial charge is 0.497 e. The average Bonchev–Trinajstić information content (AvgIpc) is 2.54. The summed E-state index contributed by atoms with van der Waals surface area (Å²) in [6, 6.07) is 10.6. The van der Waals surface area contributed by atoms with Gasteiger partial charge in [-0.3, -0.25) is 4.79 Å². The van der Waals surface area contributed by atoms with Crippen LogP contribution in [0.15, 0.2) is 45.3 Å². The highest BCUT2D eigenvalue weighted by Crippen LogP contribution is 2.30. The lowest BCUT2D eigenvalue weighted by Gasteiger charge is -2.12. The predicted molar refractivity (Wildman–Crippen MR) is 95.5 cm³/mol. The summed E-state index contributed by atoms with van der Waals surface area (Å²) >= 11 is 6.74. The molecule has 7 heteroatoms. The number of hydrogen-bond acceptors (Lipinski definition) is 4. The van der Waals surface area contributed by atoms with Crippen molar-refractivity contribution in [2.24, 2.45) is 0 Å². The van der Waals surface area contributed by atoms with E-state index in [2.05, 4.69) is 37.2 Å². The SMILES string of the molecule is COc1ccc(OC)c(NC(=O)COc2ccc(Br)cc2Br)c1. The number of methoxy groups -OCH3 is 2. The molecule has 0 aromatic heterocycles. The molecule has 122 valence electrons. The lowest BCUT2D eigenvalue weighted by atomic mass is 10.2. The maximum atomic E-state index is 12.1. The zero-order valence-electron chi connectivity index (χ0n) is 12.6. The zero-order valence-corrected chi connectivity index (χ0v) is 15.7. The van der Waals surface area contributed by atoms with E-state index in [1.165, 1.54) is 7.11 Å². The van der Waals surface area contributed by atoms with E-state index in [4.69, 9.17) is 14.2 Å². The van der Waals surface area contributed by atoms with Crippen LogP contribution in [-0.2, 0) is 4.79 Å². The number of rotatable bonds is 6. The summed E-state index contributed by atoms with van der Waals surface area (Å²) in [6.07, 6.45) is 0. The first-order valence-corrected chi connectivity index (χ1v) is 8.22. The molecule has 0 heterocycles. The molecule has 0 saturated heterocycles. The van der Waals surface area contributed by atoms with Crippen LogP contribution in [0.5, 0.6) is 17.2 Å². The highest BCUT2D eigenvalue weighted by Gasteiger charge is 2.11. The molecule has 2 aromatic rings. The molecule has 0 radical (unpaired) electrons. The lowest BCUT2D eigenvalue weighted by Crippen LogP contribution is -2.20. The number of carbonyl (C=O) groups excluding carboxylic acids is 1. The van der Waals surface area contributed by atoms with Crippen molar-refractivity contribution in [3.8, 4) is 17.2 Å². The molecule has 0 atom stereocenters. The lowest BCUT2D eigenvalue weighted by molar-refractivity contribution is -0.118. The van der Waals surface area contributed by atoms with Crippen LogP contribution in [-0.4, -0.2) is 26.7 Å². The van der Waals surface area contributed by atoms with E-state index in [9.17, 15) is 4.79 Å². The molecule has 1 N–H and O–H groups in total. The van der Waals surface area contributed by atoms with E-state index in [0.29, 0.717) is 22.9 Å². The monoisotopic (exact) mass is 443 g/mol. The summed E-state index contributed by atoms with van der Waals surface area (Å²) < 4.78 is 17.5. The Morgan fingerprint density at radius 1 is 1.04 bits per heavy atom. The van der Waals surface area contributed by atoms with Crippen LogP contribution in [0.4, 0.5) is 5.69 Å². The van der Waals surface area contributed by atoms with Gasteiger partial charge in [-0.15, -0.1) is 0 Å². The second-order valence-electron chi connectivity index (χ2n) is 4.48. The van der Waals surface area contributed by atoms with Gasteiger partial charge in [0.1, 0.15) is 17.2 Å². The van der Waals surface area contributed by atoms with E-state index in [1.807, 2.05) is 12.1 Å². The second-order valence-corrected chi connectivity index (χ2v) is 6.25. The first-order chi connectivity index (χ1) is 11.0. The Kier molecular flexibility index (Phi) is 6.29. The van der Waals surface area contributed by atoms with Crippen LogP contribution < -0.4 is 19.5 Å². The molecule has 1 amide bonds. The third-order valence-electron chi connectivity index (χ3n) is 2.93. The number of amides is 1. The summed E-state index contributed by atoms with van der Waals surface area (Å²) in [5.74, 6) is 1.45. The molecule has 0 aliphatic rings. The Balaban J connectivity index is 2.02. The van der Waals surface area contributed by atoms with Crippen molar-refractivity contribution in [2.45, 2.75) is 0 Å². The van der Waals surface area contributed by atoms with Gasteiger partial charge in [0.25, 0.3) is 5.91 Å². The molecule has 23 heavy (non-hydrogen) atoms. The molecule has 0 spiro atoms. The summed E-state index contributed by atoms with van der Waals surface area (Å²) in [4.78, 5) is 12.1. The topological polar surface area (TPSA) is 56.8 Å². The van der Waals surface area contributed by atoms with Crippen molar-refractivity contribution in [2.75, 3.05) is 26.1 Å². The van der Waals surface area contributed by atoms with Crippen LogP contribution >= 0.6 is 31.9 Å². The van der Waals surface area contributed by atoms with Crippen molar-refractivity contribution >= 4 is 43.5 Å². The van der Waals surface area contributed by atoms with Gasteiger partial charge < -0.3 is 19.5 Å². The van der Waals surface area contributed by atoms with Crippen LogP contribution in [0.25, 0.3) is 0 Å². The summed E-state index contributed by atoms with van der Waals surface area (Å²) in [5.41, 5.74) is 0.523. The summed E-state index contributed by atoms with van der Waals surface area (Å²) in [6.45, 7) is -0.124. The minimum atomic E-state index is -0.300. The molecular formula is C16H15Br2NO4. The normalized spacial score (nSPS) is 10.1. The fraction of sp³-hybridized carbons (Fsp3) is 0.188. The molecule has 0 unspecified atom stereocenters.